The standard InChI is InChI=1S/C24H27N5O4/c30-21-5-2-12-29(21)20-4-1-3-19(15-20)27-23(32)22(31)26-16-17-8-13-28(14-9-17)24(33)18-6-10-25-11-7-18/h1,3-4,6-7,10-11,15,17H,2,5,8-9,12-14,16H2,(H,26,31)(H,27,32). The van der Waals surface area contributed by atoms with Crippen molar-refractivity contribution >= 4 is 35.0 Å². The lowest BCUT2D eigenvalue weighted by atomic mass is 9.96. The van der Waals surface area contributed by atoms with E-state index in [9.17, 15) is 19.2 Å². The van der Waals surface area contributed by atoms with Gasteiger partial charge in [0.1, 0.15) is 0 Å². The van der Waals surface area contributed by atoms with Crippen LogP contribution in [0.5, 0.6) is 0 Å². The molecule has 3 heterocycles. The van der Waals surface area contributed by atoms with E-state index in [1.54, 1.807) is 52.5 Å². The average molecular weight is 450 g/mol. The summed E-state index contributed by atoms with van der Waals surface area (Å²) in [5.41, 5.74) is 1.80. The third kappa shape index (κ3) is 5.54. The molecule has 9 heteroatoms. The molecule has 0 radical (unpaired) electrons. The summed E-state index contributed by atoms with van der Waals surface area (Å²) >= 11 is 0. The van der Waals surface area contributed by atoms with E-state index in [1.807, 2.05) is 6.07 Å². The zero-order valence-corrected chi connectivity index (χ0v) is 18.3. The zero-order valence-electron chi connectivity index (χ0n) is 18.3. The number of nitrogens with zero attached hydrogens (tertiary/aromatic N) is 3. The number of pyridine rings is 1. The fraction of sp³-hybridized carbons (Fsp3) is 0.375. The first-order chi connectivity index (χ1) is 16.0. The number of anilines is 2. The van der Waals surface area contributed by atoms with Crippen LogP contribution in [0.4, 0.5) is 11.4 Å². The normalized spacial score (nSPS) is 16.5. The van der Waals surface area contributed by atoms with Crippen molar-refractivity contribution in [1.82, 2.24) is 15.2 Å². The Morgan fingerprint density at radius 2 is 1.76 bits per heavy atom. The molecule has 9 nitrogen and oxygen atoms in total. The molecule has 2 N–H and O–H groups in total. The van der Waals surface area contributed by atoms with Crippen LogP contribution in [-0.4, -0.2) is 59.7 Å². The van der Waals surface area contributed by atoms with Gasteiger partial charge in [0, 0.05) is 61.9 Å². The van der Waals surface area contributed by atoms with Crippen molar-refractivity contribution in [2.75, 3.05) is 36.4 Å². The maximum absolute atomic E-state index is 12.5. The Kier molecular flexibility index (Phi) is 6.97. The number of likely N-dealkylation sites (tertiary alicyclic amines) is 1. The molecule has 0 aliphatic carbocycles. The summed E-state index contributed by atoms with van der Waals surface area (Å²) in [4.78, 5) is 56.5. The number of rotatable bonds is 5. The lowest BCUT2D eigenvalue weighted by molar-refractivity contribution is -0.136. The molecule has 2 aromatic rings. The molecule has 4 rings (SSSR count). The number of piperidine rings is 1. The first-order valence-corrected chi connectivity index (χ1v) is 11.2. The van der Waals surface area contributed by atoms with Crippen molar-refractivity contribution < 1.29 is 19.2 Å². The molecule has 1 aromatic carbocycles. The number of benzene rings is 1. The van der Waals surface area contributed by atoms with Gasteiger partial charge < -0.3 is 20.4 Å². The Labute approximate surface area is 192 Å². The second-order valence-corrected chi connectivity index (χ2v) is 8.33. The van der Waals surface area contributed by atoms with Crippen molar-refractivity contribution in [2.45, 2.75) is 25.7 Å². The van der Waals surface area contributed by atoms with Gasteiger partial charge in [-0.1, -0.05) is 6.07 Å². The molecule has 0 bridgehead atoms. The SMILES string of the molecule is O=C(NCC1CCN(C(=O)c2ccncc2)CC1)C(=O)Nc1cccc(N2CCCC2=O)c1. The lowest BCUT2D eigenvalue weighted by Gasteiger charge is -2.32. The first-order valence-electron chi connectivity index (χ1n) is 11.2. The van der Waals surface area contributed by atoms with E-state index in [0.29, 0.717) is 49.5 Å². The molecule has 0 unspecified atom stereocenters. The molecule has 2 aliphatic heterocycles. The van der Waals surface area contributed by atoms with E-state index in [1.165, 1.54) is 0 Å². The van der Waals surface area contributed by atoms with Crippen LogP contribution in [0.25, 0.3) is 0 Å². The van der Waals surface area contributed by atoms with Crippen LogP contribution in [-0.2, 0) is 14.4 Å². The molecule has 0 saturated carbocycles. The highest BCUT2D eigenvalue weighted by Crippen LogP contribution is 2.24. The molecule has 0 spiro atoms. The maximum atomic E-state index is 12.5. The molecular formula is C24H27N5O4. The molecule has 2 fully saturated rings. The fourth-order valence-electron chi connectivity index (χ4n) is 4.20. The highest BCUT2D eigenvalue weighted by molar-refractivity contribution is 6.39. The van der Waals surface area contributed by atoms with Gasteiger partial charge in [0.2, 0.25) is 5.91 Å². The van der Waals surface area contributed by atoms with Crippen LogP contribution in [0.3, 0.4) is 0 Å². The Balaban J connectivity index is 1.22. The quantitative estimate of drug-likeness (QED) is 0.677. The monoisotopic (exact) mass is 449 g/mol. The molecule has 0 atom stereocenters. The summed E-state index contributed by atoms with van der Waals surface area (Å²) in [5.74, 6) is -1.20. The minimum absolute atomic E-state index is 0.0166. The summed E-state index contributed by atoms with van der Waals surface area (Å²) in [7, 11) is 0. The summed E-state index contributed by atoms with van der Waals surface area (Å²) in [6.07, 6.45) is 6.05. The van der Waals surface area contributed by atoms with Crippen molar-refractivity contribution in [1.29, 1.82) is 0 Å². The maximum Gasteiger partial charge on any atom is 0.313 e. The van der Waals surface area contributed by atoms with Gasteiger partial charge in [-0.2, -0.15) is 0 Å². The van der Waals surface area contributed by atoms with E-state index in [4.69, 9.17) is 0 Å². The van der Waals surface area contributed by atoms with Crippen molar-refractivity contribution in [3.8, 4) is 0 Å². The largest absolute Gasteiger partial charge is 0.348 e. The first kappa shape index (κ1) is 22.4. The molecule has 172 valence electrons. The Morgan fingerprint density at radius 1 is 1.00 bits per heavy atom. The van der Waals surface area contributed by atoms with E-state index in [0.717, 1.165) is 19.3 Å². The Hall–Kier alpha value is -3.75. The number of carbonyl (C=O) groups is 4. The highest BCUT2D eigenvalue weighted by Gasteiger charge is 2.25. The van der Waals surface area contributed by atoms with Gasteiger partial charge in [-0.25, -0.2) is 0 Å². The average Bonchev–Trinajstić information content (AvgIpc) is 3.29. The van der Waals surface area contributed by atoms with E-state index in [2.05, 4.69) is 15.6 Å². The van der Waals surface area contributed by atoms with Crippen molar-refractivity contribution in [3.63, 3.8) is 0 Å². The predicted molar refractivity (Wildman–Crippen MR) is 123 cm³/mol. The third-order valence-corrected chi connectivity index (χ3v) is 6.08. The van der Waals surface area contributed by atoms with Crippen molar-refractivity contribution in [2.24, 2.45) is 5.92 Å². The summed E-state index contributed by atoms with van der Waals surface area (Å²) in [5, 5.41) is 5.30. The second kappa shape index (κ2) is 10.2. The topological polar surface area (TPSA) is 112 Å². The highest BCUT2D eigenvalue weighted by atomic mass is 16.2. The number of amides is 4. The van der Waals surface area contributed by atoms with Crippen LogP contribution in [0.1, 0.15) is 36.0 Å². The number of carbonyl (C=O) groups excluding carboxylic acids is 4. The zero-order chi connectivity index (χ0) is 23.2. The van der Waals surface area contributed by atoms with Crippen LogP contribution in [0, 0.1) is 5.92 Å². The summed E-state index contributed by atoms with van der Waals surface area (Å²) in [6, 6.07) is 10.3. The number of aromatic nitrogens is 1. The van der Waals surface area contributed by atoms with E-state index in [-0.39, 0.29) is 17.7 Å². The number of hydrogen-bond donors (Lipinski definition) is 2. The van der Waals surface area contributed by atoms with Crippen LogP contribution in [0.2, 0.25) is 0 Å². The molecule has 4 amide bonds. The third-order valence-electron chi connectivity index (χ3n) is 6.08. The van der Waals surface area contributed by atoms with Gasteiger partial charge in [0.05, 0.1) is 0 Å². The summed E-state index contributed by atoms with van der Waals surface area (Å²) in [6.45, 7) is 2.25. The molecule has 2 saturated heterocycles. The van der Waals surface area contributed by atoms with Gasteiger partial charge >= 0.3 is 11.8 Å². The second-order valence-electron chi connectivity index (χ2n) is 8.33. The number of nitrogens with one attached hydrogen (secondary N) is 2. The number of hydrogen-bond acceptors (Lipinski definition) is 5. The van der Waals surface area contributed by atoms with Gasteiger partial charge in [-0.3, -0.25) is 24.2 Å². The molecule has 1 aromatic heterocycles. The molecular weight excluding hydrogens is 422 g/mol. The van der Waals surface area contributed by atoms with Gasteiger partial charge in [0.25, 0.3) is 5.91 Å². The van der Waals surface area contributed by atoms with Crippen LogP contribution < -0.4 is 15.5 Å². The van der Waals surface area contributed by atoms with Crippen LogP contribution >= 0.6 is 0 Å². The fourth-order valence-corrected chi connectivity index (χ4v) is 4.20. The molecule has 33 heavy (non-hydrogen) atoms. The predicted octanol–water partition coefficient (Wildman–Crippen LogP) is 1.82. The van der Waals surface area contributed by atoms with Gasteiger partial charge in [-0.05, 0) is 55.5 Å². The summed E-state index contributed by atoms with van der Waals surface area (Å²) < 4.78 is 0. The van der Waals surface area contributed by atoms with E-state index < -0.39 is 11.8 Å². The van der Waals surface area contributed by atoms with Gasteiger partial charge in [-0.15, -0.1) is 0 Å². The van der Waals surface area contributed by atoms with Crippen molar-refractivity contribution in [3.05, 3.63) is 54.4 Å². The lowest BCUT2D eigenvalue weighted by Crippen LogP contribution is -2.43. The Morgan fingerprint density at radius 3 is 2.45 bits per heavy atom. The van der Waals surface area contributed by atoms with Gasteiger partial charge in [0.15, 0.2) is 0 Å². The van der Waals surface area contributed by atoms with E-state index >= 15 is 0 Å². The molecule has 2 aliphatic rings. The minimum atomic E-state index is -0.745. The van der Waals surface area contributed by atoms with Crippen LogP contribution in [0.15, 0.2) is 48.8 Å². The smallest absolute Gasteiger partial charge is 0.313 e. The minimum Gasteiger partial charge on any atom is -0.348 e. The Bertz CT molecular complexity index is 1030.